The number of hydrogen-bond donors (Lipinski definition) is 0. The number of likely N-dealkylation sites (N-methyl/N-ethyl adjacent to an activating group) is 1. The van der Waals surface area contributed by atoms with Crippen LogP contribution in [0.1, 0.15) is 39.2 Å². The molecule has 2 aliphatic rings. The zero-order chi connectivity index (χ0) is 22.2. The van der Waals surface area contributed by atoms with Gasteiger partial charge in [-0.05, 0) is 47.4 Å². The summed E-state index contributed by atoms with van der Waals surface area (Å²) >= 11 is 6.85. The van der Waals surface area contributed by atoms with Crippen molar-refractivity contribution in [3.63, 3.8) is 0 Å². The number of anilines is 1. The molecule has 1 saturated heterocycles. The Hall–Kier alpha value is -2.37. The van der Waals surface area contributed by atoms with E-state index >= 15 is 0 Å². The van der Waals surface area contributed by atoms with Crippen LogP contribution in [-0.4, -0.2) is 28.7 Å². The molecule has 4 rings (SSSR count). The van der Waals surface area contributed by atoms with Gasteiger partial charge in [-0.15, -0.1) is 0 Å². The number of amides is 1. The van der Waals surface area contributed by atoms with Gasteiger partial charge in [-0.2, -0.15) is 0 Å². The number of hydrogen-bond acceptors (Lipinski definition) is 4. The quantitative estimate of drug-likeness (QED) is 0.384. The van der Waals surface area contributed by atoms with Gasteiger partial charge in [0.25, 0.3) is 5.91 Å². The summed E-state index contributed by atoms with van der Waals surface area (Å²) in [4.78, 5) is 17.5. The monoisotopic (exact) mass is 448 g/mol. The van der Waals surface area contributed by atoms with E-state index < -0.39 is 0 Å². The Bertz CT molecular complexity index is 1090. The second kappa shape index (κ2) is 8.64. The molecule has 0 aliphatic carbocycles. The Morgan fingerprint density at radius 3 is 2.52 bits per heavy atom. The SMILES string of the molecule is CCCCN1C(=O)/C(=C/C=C2\N(C)c3ccc(-c4ccccc4)cc3C2(C)C)SC1=S. The van der Waals surface area contributed by atoms with E-state index in [0.29, 0.717) is 15.8 Å². The molecule has 2 heterocycles. The number of unbranched alkanes of at least 4 members (excludes halogenated alkanes) is 1. The van der Waals surface area contributed by atoms with Crippen LogP contribution in [0.4, 0.5) is 5.69 Å². The highest BCUT2D eigenvalue weighted by Gasteiger charge is 2.39. The van der Waals surface area contributed by atoms with Gasteiger partial charge in [0, 0.05) is 30.4 Å². The van der Waals surface area contributed by atoms with E-state index in [9.17, 15) is 4.79 Å². The Labute approximate surface area is 194 Å². The summed E-state index contributed by atoms with van der Waals surface area (Å²) in [6.07, 6.45) is 6.05. The number of thioether (sulfide) groups is 1. The van der Waals surface area contributed by atoms with Gasteiger partial charge in [-0.25, -0.2) is 0 Å². The minimum absolute atomic E-state index is 0.0302. The number of nitrogens with zero attached hydrogens (tertiary/aromatic N) is 2. The highest BCUT2D eigenvalue weighted by molar-refractivity contribution is 8.26. The predicted octanol–water partition coefficient (Wildman–Crippen LogP) is 6.51. The minimum Gasteiger partial charge on any atom is -0.347 e. The number of carbonyl (C=O) groups is 1. The lowest BCUT2D eigenvalue weighted by molar-refractivity contribution is -0.122. The van der Waals surface area contributed by atoms with Gasteiger partial charge in [-0.1, -0.05) is 87.6 Å². The van der Waals surface area contributed by atoms with Gasteiger partial charge >= 0.3 is 0 Å². The van der Waals surface area contributed by atoms with Crippen LogP contribution >= 0.6 is 24.0 Å². The molecule has 1 amide bonds. The molecular weight excluding hydrogens is 420 g/mol. The van der Waals surface area contributed by atoms with Crippen LogP contribution in [0.5, 0.6) is 0 Å². The molecule has 0 spiro atoms. The molecule has 0 saturated carbocycles. The average Bonchev–Trinajstić information content (AvgIpc) is 3.14. The summed E-state index contributed by atoms with van der Waals surface area (Å²) in [6, 6.07) is 17.2. The molecule has 0 radical (unpaired) electrons. The minimum atomic E-state index is -0.166. The molecule has 0 aromatic heterocycles. The standard InChI is InChI=1S/C26H28N2OS2/c1-5-6-16-28-24(29)22(31-25(28)30)14-15-23-26(2,3)20-17-19(12-13-21(20)27(23)4)18-10-8-7-9-11-18/h7-15,17H,5-6,16H2,1-4H3/b22-14-,23-15-. The van der Waals surface area contributed by atoms with E-state index in [2.05, 4.69) is 81.3 Å². The number of allylic oxidation sites excluding steroid dienone is 3. The summed E-state index contributed by atoms with van der Waals surface area (Å²) in [5, 5.41) is 0. The van der Waals surface area contributed by atoms with E-state index in [0.717, 1.165) is 12.8 Å². The van der Waals surface area contributed by atoms with E-state index in [-0.39, 0.29) is 11.3 Å². The van der Waals surface area contributed by atoms with Crippen LogP contribution < -0.4 is 4.90 Å². The molecule has 0 unspecified atom stereocenters. The number of fused-ring (bicyclic) bond motifs is 1. The fourth-order valence-corrected chi connectivity index (χ4v) is 5.57. The maximum absolute atomic E-state index is 12.8. The third kappa shape index (κ3) is 3.97. The van der Waals surface area contributed by atoms with Gasteiger partial charge in [0.05, 0.1) is 4.91 Å². The third-order valence-electron chi connectivity index (χ3n) is 6.14. The highest BCUT2D eigenvalue weighted by Crippen LogP contribution is 2.48. The number of thiocarbonyl (C=S) groups is 1. The van der Waals surface area contributed by atoms with Crippen molar-refractivity contribution in [3.8, 4) is 11.1 Å². The van der Waals surface area contributed by atoms with Crippen molar-refractivity contribution >= 4 is 39.9 Å². The number of rotatable bonds is 5. The molecule has 3 nitrogen and oxygen atoms in total. The van der Waals surface area contributed by atoms with E-state index in [1.807, 2.05) is 12.1 Å². The normalized spacial score (nSPS) is 20.3. The first-order valence-corrected chi connectivity index (χ1v) is 12.0. The second-order valence-corrected chi connectivity index (χ2v) is 10.2. The van der Waals surface area contributed by atoms with Gasteiger partial charge in [0.15, 0.2) is 0 Å². The lowest BCUT2D eigenvalue weighted by Gasteiger charge is -2.24. The first-order chi connectivity index (χ1) is 14.8. The topological polar surface area (TPSA) is 23.6 Å². The molecular formula is C26H28N2OS2. The summed E-state index contributed by atoms with van der Waals surface area (Å²) in [6.45, 7) is 7.32. The molecule has 2 aromatic rings. The largest absolute Gasteiger partial charge is 0.347 e. The van der Waals surface area contributed by atoms with Gasteiger partial charge in [0.1, 0.15) is 4.32 Å². The van der Waals surface area contributed by atoms with Crippen molar-refractivity contribution in [2.75, 3.05) is 18.5 Å². The van der Waals surface area contributed by atoms with Crippen LogP contribution in [0.15, 0.2) is 71.3 Å². The fourth-order valence-electron chi connectivity index (χ4n) is 4.32. The van der Waals surface area contributed by atoms with Crippen LogP contribution in [0, 0.1) is 0 Å². The van der Waals surface area contributed by atoms with E-state index in [4.69, 9.17) is 12.2 Å². The fraction of sp³-hybridized carbons (Fsp3) is 0.308. The van der Waals surface area contributed by atoms with Crippen molar-refractivity contribution in [1.29, 1.82) is 0 Å². The van der Waals surface area contributed by atoms with Crippen LogP contribution in [-0.2, 0) is 10.2 Å². The average molecular weight is 449 g/mol. The Morgan fingerprint density at radius 2 is 1.81 bits per heavy atom. The van der Waals surface area contributed by atoms with E-state index in [1.165, 1.54) is 39.8 Å². The molecule has 2 aromatic carbocycles. The summed E-state index contributed by atoms with van der Waals surface area (Å²) < 4.78 is 0.665. The summed E-state index contributed by atoms with van der Waals surface area (Å²) in [5.74, 6) is 0.0302. The Balaban J connectivity index is 1.65. The second-order valence-electron chi connectivity index (χ2n) is 8.54. The first-order valence-electron chi connectivity index (χ1n) is 10.7. The highest BCUT2D eigenvalue weighted by atomic mass is 32.2. The summed E-state index contributed by atoms with van der Waals surface area (Å²) in [7, 11) is 2.10. The van der Waals surface area contributed by atoms with Crippen molar-refractivity contribution in [2.24, 2.45) is 0 Å². The summed E-state index contributed by atoms with van der Waals surface area (Å²) in [5.41, 5.74) is 5.95. The smallest absolute Gasteiger partial charge is 0.266 e. The molecule has 5 heteroatoms. The van der Waals surface area contributed by atoms with Gasteiger partial charge in [-0.3, -0.25) is 9.69 Å². The molecule has 0 N–H and O–H groups in total. The maximum atomic E-state index is 12.8. The first kappa shape index (κ1) is 21.8. The van der Waals surface area contributed by atoms with Crippen molar-refractivity contribution in [3.05, 3.63) is 76.8 Å². The third-order valence-corrected chi connectivity index (χ3v) is 7.54. The molecule has 0 bridgehead atoms. The lowest BCUT2D eigenvalue weighted by Crippen LogP contribution is -2.28. The Kier molecular flexibility index (Phi) is 6.09. The molecule has 31 heavy (non-hydrogen) atoms. The molecule has 2 aliphatic heterocycles. The zero-order valence-electron chi connectivity index (χ0n) is 18.5. The molecule has 0 atom stereocenters. The molecule has 1 fully saturated rings. The number of benzene rings is 2. The number of carbonyl (C=O) groups excluding carboxylic acids is 1. The van der Waals surface area contributed by atoms with Crippen molar-refractivity contribution < 1.29 is 4.79 Å². The van der Waals surface area contributed by atoms with Crippen molar-refractivity contribution in [2.45, 2.75) is 39.0 Å². The maximum Gasteiger partial charge on any atom is 0.266 e. The van der Waals surface area contributed by atoms with Crippen LogP contribution in [0.2, 0.25) is 0 Å². The molecule has 160 valence electrons. The van der Waals surface area contributed by atoms with Crippen LogP contribution in [0.3, 0.4) is 0 Å². The lowest BCUT2D eigenvalue weighted by atomic mass is 9.82. The van der Waals surface area contributed by atoms with E-state index in [1.54, 1.807) is 4.90 Å². The van der Waals surface area contributed by atoms with Crippen molar-refractivity contribution in [1.82, 2.24) is 4.90 Å². The predicted molar refractivity (Wildman–Crippen MR) is 136 cm³/mol. The van der Waals surface area contributed by atoms with Crippen LogP contribution in [0.25, 0.3) is 11.1 Å². The Morgan fingerprint density at radius 1 is 1.06 bits per heavy atom. The zero-order valence-corrected chi connectivity index (χ0v) is 20.1. The van der Waals surface area contributed by atoms with Gasteiger partial charge < -0.3 is 4.90 Å². The van der Waals surface area contributed by atoms with Gasteiger partial charge in [0.2, 0.25) is 0 Å².